The Balaban J connectivity index is 1.45. The number of hydrogen-bond donors (Lipinski definition) is 3. The lowest BCUT2D eigenvalue weighted by molar-refractivity contribution is 0.0959. The number of nitrogens with zero attached hydrogens (tertiary/aromatic N) is 1. The molecule has 3 aromatic rings. The zero-order valence-electron chi connectivity index (χ0n) is 17.2. The van der Waals surface area contributed by atoms with Gasteiger partial charge in [0, 0.05) is 17.6 Å². The molecule has 0 atom stereocenters. The molecule has 0 spiro atoms. The Kier molecular flexibility index (Phi) is 6.27. The molecule has 0 saturated heterocycles. The molecule has 164 valence electrons. The summed E-state index contributed by atoms with van der Waals surface area (Å²) in [5, 5.41) is 8.88. The highest BCUT2D eigenvalue weighted by Gasteiger charge is 2.19. The molecule has 1 aromatic carbocycles. The molecule has 1 aliphatic carbocycles. The molecule has 0 fully saturated rings. The van der Waals surface area contributed by atoms with Crippen LogP contribution in [0.25, 0.3) is 10.2 Å². The largest absolute Gasteiger partial charge is 0.397 e. The summed E-state index contributed by atoms with van der Waals surface area (Å²) >= 11 is 1.34. The first kappa shape index (κ1) is 21.7. The molecular formula is C22H26N4O3S2. The number of carbonyl (C=O) groups excluding carboxylic acids is 1. The van der Waals surface area contributed by atoms with Crippen LogP contribution in [-0.4, -0.2) is 25.9 Å². The summed E-state index contributed by atoms with van der Waals surface area (Å²) in [5.74, 6) is -0.214. The monoisotopic (exact) mass is 458 g/mol. The molecule has 1 aliphatic rings. The number of aryl methyl sites for hydroxylation is 2. The normalized spacial score (nSPS) is 14.6. The number of primary sulfonamides is 1. The summed E-state index contributed by atoms with van der Waals surface area (Å²) in [6, 6.07) is 8.44. The second-order valence-corrected chi connectivity index (χ2v) is 10.5. The summed E-state index contributed by atoms with van der Waals surface area (Å²) in [6.07, 6.45) is 7.36. The number of nitrogen functional groups attached to an aromatic ring is 1. The molecule has 7 nitrogen and oxygen atoms in total. The number of anilines is 1. The van der Waals surface area contributed by atoms with Gasteiger partial charge in [0.15, 0.2) is 0 Å². The maximum absolute atomic E-state index is 12.7. The van der Waals surface area contributed by atoms with Crippen LogP contribution in [-0.2, 0) is 29.3 Å². The Morgan fingerprint density at radius 2 is 1.81 bits per heavy atom. The standard InChI is InChI=1S/C22H26N4O3S2/c23-19-17-13-15-5-3-1-2-4-6-18(15)26-22(17)30-20(19)21(27)25-12-11-14-7-9-16(10-8-14)31(24,28)29/h7-10,13H,1-6,11-12,23H2,(H,25,27)(H2,24,28,29). The topological polar surface area (TPSA) is 128 Å². The highest BCUT2D eigenvalue weighted by Crippen LogP contribution is 2.35. The quantitative estimate of drug-likeness (QED) is 0.541. The average molecular weight is 459 g/mol. The Hall–Kier alpha value is -2.49. The summed E-state index contributed by atoms with van der Waals surface area (Å²) < 4.78 is 22.7. The first-order valence-corrected chi connectivity index (χ1v) is 12.8. The highest BCUT2D eigenvalue weighted by molar-refractivity contribution is 7.89. The molecule has 2 heterocycles. The first-order chi connectivity index (χ1) is 14.8. The van der Waals surface area contributed by atoms with Crippen molar-refractivity contribution in [2.45, 2.75) is 49.8 Å². The number of amides is 1. The van der Waals surface area contributed by atoms with E-state index in [0.717, 1.165) is 47.2 Å². The summed E-state index contributed by atoms with van der Waals surface area (Å²) in [6.45, 7) is 0.408. The van der Waals surface area contributed by atoms with Gasteiger partial charge in [-0.05, 0) is 61.4 Å². The maximum atomic E-state index is 12.7. The number of nitrogens with one attached hydrogen (secondary N) is 1. The number of aromatic nitrogens is 1. The van der Waals surface area contributed by atoms with Crippen LogP contribution in [0.1, 0.15) is 52.2 Å². The molecule has 9 heteroatoms. The minimum Gasteiger partial charge on any atom is -0.397 e. The van der Waals surface area contributed by atoms with E-state index in [4.69, 9.17) is 15.9 Å². The number of thiophene rings is 1. The van der Waals surface area contributed by atoms with Crippen molar-refractivity contribution in [3.05, 3.63) is 52.0 Å². The van der Waals surface area contributed by atoms with Crippen LogP contribution in [0.4, 0.5) is 5.69 Å². The minimum absolute atomic E-state index is 0.0694. The number of benzene rings is 1. The maximum Gasteiger partial charge on any atom is 0.263 e. The van der Waals surface area contributed by atoms with Gasteiger partial charge in [-0.2, -0.15) is 0 Å². The lowest BCUT2D eigenvalue weighted by atomic mass is 9.96. The van der Waals surface area contributed by atoms with E-state index in [1.54, 1.807) is 12.1 Å². The third-order valence-electron chi connectivity index (χ3n) is 5.66. The molecule has 0 aliphatic heterocycles. The predicted molar refractivity (Wildman–Crippen MR) is 124 cm³/mol. The molecule has 2 aromatic heterocycles. The van der Waals surface area contributed by atoms with E-state index in [-0.39, 0.29) is 10.8 Å². The second kappa shape index (κ2) is 8.94. The fourth-order valence-corrected chi connectivity index (χ4v) is 5.46. The van der Waals surface area contributed by atoms with Gasteiger partial charge in [0.05, 0.1) is 10.6 Å². The Morgan fingerprint density at radius 1 is 1.10 bits per heavy atom. The van der Waals surface area contributed by atoms with Crippen LogP contribution in [0.15, 0.2) is 35.2 Å². The van der Waals surface area contributed by atoms with Crippen molar-refractivity contribution in [2.75, 3.05) is 12.3 Å². The van der Waals surface area contributed by atoms with Gasteiger partial charge in [-0.3, -0.25) is 4.79 Å². The van der Waals surface area contributed by atoms with Crippen LogP contribution in [0.5, 0.6) is 0 Å². The van der Waals surface area contributed by atoms with Gasteiger partial charge < -0.3 is 11.1 Å². The van der Waals surface area contributed by atoms with Gasteiger partial charge in [0.1, 0.15) is 9.71 Å². The van der Waals surface area contributed by atoms with Crippen molar-refractivity contribution in [1.82, 2.24) is 10.3 Å². The van der Waals surface area contributed by atoms with E-state index in [0.29, 0.717) is 23.5 Å². The van der Waals surface area contributed by atoms with Crippen LogP contribution in [0.2, 0.25) is 0 Å². The van der Waals surface area contributed by atoms with Gasteiger partial charge in [-0.1, -0.05) is 25.0 Å². The van der Waals surface area contributed by atoms with E-state index in [1.807, 2.05) is 0 Å². The van der Waals surface area contributed by atoms with Gasteiger partial charge in [0.2, 0.25) is 10.0 Å². The number of fused-ring (bicyclic) bond motifs is 2. The van der Waals surface area contributed by atoms with E-state index < -0.39 is 10.0 Å². The number of carbonyl (C=O) groups is 1. The van der Waals surface area contributed by atoms with E-state index in [9.17, 15) is 13.2 Å². The van der Waals surface area contributed by atoms with Crippen molar-refractivity contribution in [1.29, 1.82) is 0 Å². The second-order valence-electron chi connectivity index (χ2n) is 7.90. The first-order valence-electron chi connectivity index (χ1n) is 10.4. The van der Waals surface area contributed by atoms with Crippen molar-refractivity contribution in [3.63, 3.8) is 0 Å². The SMILES string of the molecule is Nc1c(C(=O)NCCc2ccc(S(N)(=O)=O)cc2)sc2nc3c(cc12)CCCCCC3. The Labute approximate surface area is 185 Å². The Bertz CT molecular complexity index is 1220. The lowest BCUT2D eigenvalue weighted by Crippen LogP contribution is -2.25. The molecule has 0 unspecified atom stereocenters. The predicted octanol–water partition coefficient (Wildman–Crippen LogP) is 3.16. The van der Waals surface area contributed by atoms with Crippen LogP contribution in [0, 0.1) is 0 Å². The number of pyridine rings is 1. The van der Waals surface area contributed by atoms with Gasteiger partial charge >= 0.3 is 0 Å². The zero-order valence-corrected chi connectivity index (χ0v) is 18.8. The van der Waals surface area contributed by atoms with Crippen molar-refractivity contribution in [3.8, 4) is 0 Å². The fourth-order valence-electron chi connectivity index (χ4n) is 3.93. The zero-order chi connectivity index (χ0) is 22.0. The molecule has 1 amide bonds. The third-order valence-corrected chi connectivity index (χ3v) is 7.70. The average Bonchev–Trinajstić information content (AvgIpc) is 3.03. The highest BCUT2D eigenvalue weighted by atomic mass is 32.2. The van der Waals surface area contributed by atoms with Crippen LogP contribution in [0.3, 0.4) is 0 Å². The van der Waals surface area contributed by atoms with Gasteiger partial charge in [-0.25, -0.2) is 18.5 Å². The molecule has 0 saturated carbocycles. The lowest BCUT2D eigenvalue weighted by Gasteiger charge is -2.12. The summed E-state index contributed by atoms with van der Waals surface area (Å²) in [4.78, 5) is 19.0. The molecule has 31 heavy (non-hydrogen) atoms. The third kappa shape index (κ3) is 4.89. The Morgan fingerprint density at radius 3 is 2.52 bits per heavy atom. The number of sulfonamides is 1. The summed E-state index contributed by atoms with van der Waals surface area (Å²) in [7, 11) is -3.71. The minimum atomic E-state index is -3.71. The molecule has 5 N–H and O–H groups in total. The number of nitrogens with two attached hydrogens (primary N) is 2. The molecular weight excluding hydrogens is 432 g/mol. The molecule has 0 radical (unpaired) electrons. The molecule has 0 bridgehead atoms. The summed E-state index contributed by atoms with van der Waals surface area (Å²) in [5.41, 5.74) is 10.1. The van der Waals surface area contributed by atoms with E-state index >= 15 is 0 Å². The van der Waals surface area contributed by atoms with E-state index in [2.05, 4.69) is 11.4 Å². The van der Waals surface area contributed by atoms with Crippen LogP contribution >= 0.6 is 11.3 Å². The fraction of sp³-hybridized carbons (Fsp3) is 0.364. The van der Waals surface area contributed by atoms with Crippen molar-refractivity contribution < 1.29 is 13.2 Å². The smallest absolute Gasteiger partial charge is 0.263 e. The van der Waals surface area contributed by atoms with Gasteiger partial charge in [-0.15, -0.1) is 11.3 Å². The number of rotatable bonds is 5. The van der Waals surface area contributed by atoms with Crippen molar-refractivity contribution in [2.24, 2.45) is 5.14 Å². The number of hydrogen-bond acceptors (Lipinski definition) is 6. The van der Waals surface area contributed by atoms with Crippen LogP contribution < -0.4 is 16.2 Å². The van der Waals surface area contributed by atoms with Crippen molar-refractivity contribution >= 4 is 43.2 Å². The van der Waals surface area contributed by atoms with E-state index in [1.165, 1.54) is 41.9 Å². The molecule has 4 rings (SSSR count). The van der Waals surface area contributed by atoms with Gasteiger partial charge in [0.25, 0.3) is 5.91 Å².